The number of carbonyl (C=O) groups excluding carboxylic acids is 4. The van der Waals surface area contributed by atoms with Gasteiger partial charge in [-0.15, -0.1) is 0 Å². The standard InChI is InChI=1S/C25H22N2O6/c1-16(28)32-22-7-3-5-19(13-22)24(30)26-15-18-9-11-21(12-10-18)27-25(31)20-6-4-8-23(14-20)33-17(2)29/h3-14H,15H2,1-2H3,(H,26,30)(H,27,31). The van der Waals surface area contributed by atoms with Gasteiger partial charge in [-0.2, -0.15) is 0 Å². The zero-order valence-corrected chi connectivity index (χ0v) is 18.1. The van der Waals surface area contributed by atoms with Crippen LogP contribution in [0.3, 0.4) is 0 Å². The summed E-state index contributed by atoms with van der Waals surface area (Å²) in [4.78, 5) is 47.0. The molecular weight excluding hydrogens is 424 g/mol. The minimum atomic E-state index is -0.465. The zero-order chi connectivity index (χ0) is 23.8. The highest BCUT2D eigenvalue weighted by Crippen LogP contribution is 2.17. The molecule has 0 spiro atoms. The van der Waals surface area contributed by atoms with Crippen molar-refractivity contribution in [2.45, 2.75) is 20.4 Å². The van der Waals surface area contributed by atoms with Gasteiger partial charge in [0.05, 0.1) is 0 Å². The van der Waals surface area contributed by atoms with Crippen molar-refractivity contribution in [3.05, 3.63) is 89.5 Å². The molecule has 0 bridgehead atoms. The summed E-state index contributed by atoms with van der Waals surface area (Å²) in [5.74, 6) is -0.996. The summed E-state index contributed by atoms with van der Waals surface area (Å²) in [6.07, 6.45) is 0. The Bertz CT molecular complexity index is 1190. The molecule has 0 saturated carbocycles. The first-order chi connectivity index (χ1) is 15.8. The van der Waals surface area contributed by atoms with Crippen LogP contribution in [0, 0.1) is 0 Å². The number of nitrogens with one attached hydrogen (secondary N) is 2. The van der Waals surface area contributed by atoms with Crippen LogP contribution in [0.4, 0.5) is 5.69 Å². The number of benzene rings is 3. The molecule has 0 aliphatic rings. The van der Waals surface area contributed by atoms with E-state index < -0.39 is 11.9 Å². The van der Waals surface area contributed by atoms with Crippen molar-refractivity contribution in [1.29, 1.82) is 0 Å². The molecule has 0 aromatic heterocycles. The first kappa shape index (κ1) is 23.2. The number of anilines is 1. The van der Waals surface area contributed by atoms with Crippen LogP contribution < -0.4 is 20.1 Å². The van der Waals surface area contributed by atoms with Crippen molar-refractivity contribution >= 4 is 29.4 Å². The topological polar surface area (TPSA) is 111 Å². The van der Waals surface area contributed by atoms with E-state index in [2.05, 4.69) is 10.6 Å². The summed E-state index contributed by atoms with van der Waals surface area (Å²) in [7, 11) is 0. The molecule has 0 heterocycles. The average Bonchev–Trinajstić information content (AvgIpc) is 2.78. The predicted octanol–water partition coefficient (Wildman–Crippen LogP) is 3.72. The number of hydrogen-bond acceptors (Lipinski definition) is 6. The molecule has 2 amide bonds. The quantitative estimate of drug-likeness (QED) is 0.423. The monoisotopic (exact) mass is 446 g/mol. The highest BCUT2D eigenvalue weighted by Gasteiger charge is 2.10. The molecule has 0 radical (unpaired) electrons. The van der Waals surface area contributed by atoms with Crippen molar-refractivity contribution in [3.63, 3.8) is 0 Å². The lowest BCUT2D eigenvalue weighted by Gasteiger charge is -2.09. The number of carbonyl (C=O) groups is 4. The molecule has 0 fully saturated rings. The maximum Gasteiger partial charge on any atom is 0.308 e. The van der Waals surface area contributed by atoms with E-state index in [4.69, 9.17) is 9.47 Å². The van der Waals surface area contributed by atoms with Gasteiger partial charge in [0.15, 0.2) is 0 Å². The lowest BCUT2D eigenvalue weighted by molar-refractivity contribution is -0.132. The van der Waals surface area contributed by atoms with E-state index >= 15 is 0 Å². The van der Waals surface area contributed by atoms with Crippen LogP contribution >= 0.6 is 0 Å². The van der Waals surface area contributed by atoms with Crippen molar-refractivity contribution < 1.29 is 28.7 Å². The SMILES string of the molecule is CC(=O)Oc1cccc(C(=O)NCc2ccc(NC(=O)c3cccc(OC(C)=O)c3)cc2)c1. The molecule has 2 N–H and O–H groups in total. The lowest BCUT2D eigenvalue weighted by atomic mass is 10.1. The summed E-state index contributed by atoms with van der Waals surface area (Å²) < 4.78 is 9.99. The second-order valence-electron chi connectivity index (χ2n) is 7.08. The van der Waals surface area contributed by atoms with E-state index in [1.54, 1.807) is 60.7 Å². The first-order valence-electron chi connectivity index (χ1n) is 10.1. The third-order valence-corrected chi connectivity index (χ3v) is 4.38. The van der Waals surface area contributed by atoms with Crippen LogP contribution in [0.25, 0.3) is 0 Å². The third kappa shape index (κ3) is 7.03. The molecule has 168 valence electrons. The number of ether oxygens (including phenoxy) is 2. The highest BCUT2D eigenvalue weighted by atomic mass is 16.5. The second-order valence-corrected chi connectivity index (χ2v) is 7.08. The molecule has 3 aromatic carbocycles. The maximum absolute atomic E-state index is 12.5. The summed E-state index contributed by atoms with van der Waals surface area (Å²) in [6, 6.07) is 19.6. The Morgan fingerprint density at radius 3 is 1.73 bits per heavy atom. The van der Waals surface area contributed by atoms with Gasteiger partial charge in [0.25, 0.3) is 11.8 Å². The highest BCUT2D eigenvalue weighted by molar-refractivity contribution is 6.04. The molecular formula is C25H22N2O6. The molecule has 0 atom stereocenters. The summed E-state index contributed by atoms with van der Waals surface area (Å²) in [6.45, 7) is 2.85. The van der Waals surface area contributed by atoms with E-state index in [-0.39, 0.29) is 18.4 Å². The maximum atomic E-state index is 12.5. The minimum Gasteiger partial charge on any atom is -0.427 e. The molecule has 0 aliphatic heterocycles. The molecule has 33 heavy (non-hydrogen) atoms. The fraction of sp³-hybridized carbons (Fsp3) is 0.120. The van der Waals surface area contributed by atoms with Crippen LogP contribution in [0.1, 0.15) is 40.1 Å². The number of rotatable bonds is 7. The number of amides is 2. The van der Waals surface area contributed by atoms with Crippen LogP contribution in [0.2, 0.25) is 0 Å². The second kappa shape index (κ2) is 10.7. The van der Waals surface area contributed by atoms with Gasteiger partial charge in [0.1, 0.15) is 11.5 Å². The van der Waals surface area contributed by atoms with Crippen molar-refractivity contribution in [3.8, 4) is 11.5 Å². The van der Waals surface area contributed by atoms with Crippen LogP contribution in [-0.2, 0) is 16.1 Å². The molecule has 3 aromatic rings. The molecule has 0 aliphatic carbocycles. The number of hydrogen-bond donors (Lipinski definition) is 2. The normalized spacial score (nSPS) is 10.1. The molecule has 3 rings (SSSR count). The lowest BCUT2D eigenvalue weighted by Crippen LogP contribution is -2.22. The van der Waals surface area contributed by atoms with Gasteiger partial charge in [0, 0.05) is 37.2 Å². The van der Waals surface area contributed by atoms with Crippen LogP contribution in [0.15, 0.2) is 72.8 Å². The molecule has 8 heteroatoms. The van der Waals surface area contributed by atoms with E-state index in [9.17, 15) is 19.2 Å². The van der Waals surface area contributed by atoms with Gasteiger partial charge in [-0.1, -0.05) is 24.3 Å². The summed E-state index contributed by atoms with van der Waals surface area (Å²) >= 11 is 0. The Morgan fingerprint density at radius 1 is 0.697 bits per heavy atom. The van der Waals surface area contributed by atoms with E-state index in [0.717, 1.165) is 5.56 Å². The molecule has 8 nitrogen and oxygen atoms in total. The Balaban J connectivity index is 1.56. The Hall–Kier alpha value is -4.46. The summed E-state index contributed by atoms with van der Waals surface area (Å²) in [5, 5.41) is 5.57. The number of esters is 2. The minimum absolute atomic E-state index is 0.273. The van der Waals surface area contributed by atoms with E-state index in [1.807, 2.05) is 0 Å². The predicted molar refractivity (Wildman–Crippen MR) is 121 cm³/mol. The van der Waals surface area contributed by atoms with E-state index in [0.29, 0.717) is 28.3 Å². The molecule has 0 unspecified atom stereocenters. The van der Waals surface area contributed by atoms with Gasteiger partial charge in [0.2, 0.25) is 0 Å². The van der Waals surface area contributed by atoms with Gasteiger partial charge >= 0.3 is 11.9 Å². The smallest absolute Gasteiger partial charge is 0.308 e. The Kier molecular flexibility index (Phi) is 7.54. The van der Waals surface area contributed by atoms with Gasteiger partial charge in [-0.25, -0.2) is 0 Å². The fourth-order valence-electron chi connectivity index (χ4n) is 2.93. The van der Waals surface area contributed by atoms with Crippen molar-refractivity contribution in [1.82, 2.24) is 5.32 Å². The summed E-state index contributed by atoms with van der Waals surface area (Å²) in [5.41, 5.74) is 2.12. The van der Waals surface area contributed by atoms with Gasteiger partial charge in [-0.3, -0.25) is 19.2 Å². The van der Waals surface area contributed by atoms with Gasteiger partial charge < -0.3 is 20.1 Å². The van der Waals surface area contributed by atoms with Crippen molar-refractivity contribution in [2.75, 3.05) is 5.32 Å². The van der Waals surface area contributed by atoms with Crippen molar-refractivity contribution in [2.24, 2.45) is 0 Å². The van der Waals surface area contributed by atoms with Crippen LogP contribution in [-0.4, -0.2) is 23.8 Å². The zero-order valence-electron chi connectivity index (χ0n) is 18.1. The fourth-order valence-corrected chi connectivity index (χ4v) is 2.93. The Morgan fingerprint density at radius 2 is 1.21 bits per heavy atom. The van der Waals surface area contributed by atoms with Gasteiger partial charge in [-0.05, 0) is 54.1 Å². The average molecular weight is 446 g/mol. The Labute approximate surface area is 190 Å². The largest absolute Gasteiger partial charge is 0.427 e. The molecule has 0 saturated heterocycles. The third-order valence-electron chi connectivity index (χ3n) is 4.38. The van der Waals surface area contributed by atoms with Crippen LogP contribution in [0.5, 0.6) is 11.5 Å². The van der Waals surface area contributed by atoms with E-state index in [1.165, 1.54) is 26.0 Å². The first-order valence-corrected chi connectivity index (χ1v) is 10.1.